The maximum absolute atomic E-state index is 14.1. The van der Waals surface area contributed by atoms with E-state index in [0.717, 1.165) is 19.3 Å². The fourth-order valence-corrected chi connectivity index (χ4v) is 6.78. The lowest BCUT2D eigenvalue weighted by atomic mass is 10.00. The first kappa shape index (κ1) is 40.3. The second kappa shape index (κ2) is 20.5. The largest absolute Gasteiger partial charge is 0.465 e. The van der Waals surface area contributed by atoms with Gasteiger partial charge in [0.2, 0.25) is 0 Å². The van der Waals surface area contributed by atoms with E-state index in [1.54, 1.807) is 37.3 Å². The molecule has 0 spiro atoms. The van der Waals surface area contributed by atoms with Crippen molar-refractivity contribution < 1.29 is 37.4 Å². The highest BCUT2D eigenvalue weighted by molar-refractivity contribution is 7.52. The number of rotatable bonds is 25. The number of imidazole rings is 1. The summed E-state index contributed by atoms with van der Waals surface area (Å²) in [6.07, 6.45) is 13.4. The minimum absolute atomic E-state index is 0.0824. The van der Waals surface area contributed by atoms with Gasteiger partial charge in [0.05, 0.1) is 26.1 Å². The molecule has 4 N–H and O–H groups in total. The first-order valence-electron chi connectivity index (χ1n) is 17.3. The monoisotopic (exact) mass is 708 g/mol. The van der Waals surface area contributed by atoms with Crippen molar-refractivity contribution in [1.82, 2.24) is 24.6 Å². The van der Waals surface area contributed by atoms with Crippen LogP contribution in [-0.4, -0.2) is 68.7 Å². The maximum atomic E-state index is 14.1. The Hall–Kier alpha value is -3.16. The highest BCUT2D eigenvalue weighted by Gasteiger charge is 2.40. The number of hydrogen-bond acceptors (Lipinski definition) is 11. The number of para-hydroxylation sites is 1. The summed E-state index contributed by atoms with van der Waals surface area (Å²) in [6.45, 7) is 4.96. The summed E-state index contributed by atoms with van der Waals surface area (Å²) in [5.74, 6) is -0.502. The number of benzene rings is 1. The number of nitrogen functional groups attached to an aromatic ring is 1. The van der Waals surface area contributed by atoms with Crippen LogP contribution >= 0.6 is 7.75 Å². The smallest absolute Gasteiger partial charge is 0.459 e. The summed E-state index contributed by atoms with van der Waals surface area (Å²) in [5, 5.41) is 13.9. The average molecular weight is 709 g/mol. The fourth-order valence-electron chi connectivity index (χ4n) is 5.20. The van der Waals surface area contributed by atoms with Crippen LogP contribution in [0.25, 0.3) is 11.2 Å². The predicted octanol–water partition coefficient (Wildman–Crippen LogP) is 6.74. The molecule has 3 rings (SSSR count). The van der Waals surface area contributed by atoms with Crippen LogP contribution in [0.15, 0.2) is 36.7 Å². The predicted molar refractivity (Wildman–Crippen MR) is 186 cm³/mol. The first-order chi connectivity index (χ1) is 23.5. The van der Waals surface area contributed by atoms with Crippen LogP contribution in [0.4, 0.5) is 10.2 Å². The number of halogens is 1. The minimum Gasteiger partial charge on any atom is -0.465 e. The summed E-state index contributed by atoms with van der Waals surface area (Å²) >= 11 is 0. The number of unbranched alkanes of at least 4 members (excludes halogenated alkanes) is 11. The quantitative estimate of drug-likeness (QED) is 0.0367. The van der Waals surface area contributed by atoms with Gasteiger partial charge in [-0.2, -0.15) is 19.4 Å². The number of fused-ring (bicyclic) bond motifs is 1. The third-order valence-corrected chi connectivity index (χ3v) is 10.1. The molecule has 0 saturated heterocycles. The summed E-state index contributed by atoms with van der Waals surface area (Å²) in [7, 11) is -2.89. The zero-order valence-corrected chi connectivity index (χ0v) is 30.2. The Balaban J connectivity index is 1.52. The molecule has 0 aliphatic rings. The van der Waals surface area contributed by atoms with Gasteiger partial charge in [0, 0.05) is 7.11 Å². The lowest BCUT2D eigenvalue weighted by Crippen LogP contribution is -2.48. The van der Waals surface area contributed by atoms with Crippen LogP contribution in [0.1, 0.15) is 97.8 Å². The number of aliphatic hydroxyl groups is 1. The molecule has 2 aromatic heterocycles. The molecule has 0 fully saturated rings. The Kier molecular flexibility index (Phi) is 16.8. The molecule has 3 aromatic rings. The zero-order chi connectivity index (χ0) is 35.7. The third kappa shape index (κ3) is 13.2. The molecule has 15 heteroatoms. The van der Waals surface area contributed by atoms with Gasteiger partial charge in [-0.15, -0.1) is 0 Å². The third-order valence-electron chi connectivity index (χ3n) is 8.44. The lowest BCUT2D eigenvalue weighted by Gasteiger charge is -2.34. The van der Waals surface area contributed by atoms with Crippen LogP contribution < -0.4 is 15.3 Å². The second-order valence-electron chi connectivity index (χ2n) is 12.6. The van der Waals surface area contributed by atoms with Crippen molar-refractivity contribution in [3.63, 3.8) is 0 Å². The summed E-state index contributed by atoms with van der Waals surface area (Å²) in [4.78, 5) is 24.1. The number of carbonyl (C=O) groups excluding carboxylic acids is 1. The van der Waals surface area contributed by atoms with Crippen LogP contribution in [-0.2, 0) is 29.9 Å². The Bertz CT molecular complexity index is 1470. The first-order valence-corrected chi connectivity index (χ1v) is 18.8. The van der Waals surface area contributed by atoms with Crippen molar-refractivity contribution in [2.75, 3.05) is 26.1 Å². The number of esters is 1. The second-order valence-corrected chi connectivity index (χ2v) is 14.3. The molecule has 1 aromatic carbocycles. The standard InChI is InChI=1S/C34H54FN6O7P/c1-5-6-7-8-9-10-11-12-13-14-15-19-22-46-32(43)26(2)40-49(44,48-27-20-17-16-18-21-27)47-24-34(3,45-4)28(42)23-41-25-37-29-30(36)38-33(35)39-31(29)41/h16-18,20-21,25-26,28,42H,5-15,19,22-24H2,1-4H3,(H,40,44)(H2,36,38,39)/t26-,28-,34+,49?/m0/s1. The maximum Gasteiger partial charge on any atom is 0.459 e. The van der Waals surface area contributed by atoms with E-state index in [2.05, 4.69) is 27.0 Å². The summed E-state index contributed by atoms with van der Waals surface area (Å²) < 4.78 is 51.9. The molecule has 0 amide bonds. The van der Waals surface area contributed by atoms with E-state index in [1.807, 2.05) is 0 Å². The Labute approximate surface area is 289 Å². The van der Waals surface area contributed by atoms with E-state index in [4.69, 9.17) is 24.3 Å². The van der Waals surface area contributed by atoms with Crippen molar-refractivity contribution in [1.29, 1.82) is 0 Å². The Morgan fingerprint density at radius 2 is 1.65 bits per heavy atom. The highest BCUT2D eigenvalue weighted by atomic mass is 31.2. The molecule has 274 valence electrons. The molecular formula is C34H54FN6O7P. The number of aliphatic hydroxyl groups excluding tert-OH is 1. The van der Waals surface area contributed by atoms with Gasteiger partial charge in [0.1, 0.15) is 29.0 Å². The van der Waals surface area contributed by atoms with Gasteiger partial charge in [0.25, 0.3) is 0 Å². The number of nitrogens with zero attached hydrogens (tertiary/aromatic N) is 4. The van der Waals surface area contributed by atoms with Gasteiger partial charge < -0.3 is 29.4 Å². The normalized spacial score (nSPS) is 15.4. The SMILES string of the molecule is CCCCCCCCCCCCCCOC(=O)[C@H](C)NP(=O)(OC[C@@](C)(OC)[C@@H](O)Cn1cnc2c(N)nc(F)nc21)Oc1ccccc1. The molecule has 0 saturated carbocycles. The highest BCUT2D eigenvalue weighted by Crippen LogP contribution is 2.46. The molecule has 4 atom stereocenters. The number of aromatic nitrogens is 4. The van der Waals surface area contributed by atoms with Crippen LogP contribution in [0.2, 0.25) is 0 Å². The molecule has 49 heavy (non-hydrogen) atoms. The molecule has 0 bridgehead atoms. The number of ether oxygens (including phenoxy) is 2. The number of nitrogens with two attached hydrogens (primary N) is 1. The molecule has 0 aliphatic carbocycles. The molecular weight excluding hydrogens is 654 g/mol. The van der Waals surface area contributed by atoms with Gasteiger partial charge in [-0.1, -0.05) is 95.8 Å². The molecule has 2 heterocycles. The summed E-state index contributed by atoms with van der Waals surface area (Å²) in [5.41, 5.74) is 4.55. The number of carbonyl (C=O) groups is 1. The zero-order valence-electron chi connectivity index (χ0n) is 29.3. The van der Waals surface area contributed by atoms with Crippen LogP contribution in [0, 0.1) is 6.08 Å². The molecule has 13 nitrogen and oxygen atoms in total. The van der Waals surface area contributed by atoms with E-state index < -0.39 is 44.1 Å². The number of methoxy groups -OCH3 is 1. The van der Waals surface area contributed by atoms with Crippen molar-refractivity contribution in [2.45, 2.75) is 122 Å². The minimum atomic E-state index is -4.24. The van der Waals surface area contributed by atoms with Crippen molar-refractivity contribution in [3.05, 3.63) is 42.7 Å². The van der Waals surface area contributed by atoms with E-state index in [-0.39, 0.29) is 35.9 Å². The van der Waals surface area contributed by atoms with E-state index in [9.17, 15) is 18.9 Å². The van der Waals surface area contributed by atoms with Gasteiger partial charge in [-0.05, 0) is 32.4 Å². The Morgan fingerprint density at radius 1 is 1.04 bits per heavy atom. The van der Waals surface area contributed by atoms with Crippen molar-refractivity contribution in [3.8, 4) is 5.75 Å². The molecule has 1 unspecified atom stereocenters. The van der Waals surface area contributed by atoms with Crippen LogP contribution in [0.5, 0.6) is 5.75 Å². The van der Waals surface area contributed by atoms with E-state index in [0.29, 0.717) is 0 Å². The van der Waals surface area contributed by atoms with Crippen molar-refractivity contribution in [2.24, 2.45) is 0 Å². The number of nitrogens with one attached hydrogen (secondary N) is 1. The van der Waals surface area contributed by atoms with Crippen molar-refractivity contribution >= 4 is 30.7 Å². The van der Waals surface area contributed by atoms with Crippen LogP contribution in [0.3, 0.4) is 0 Å². The number of hydrogen-bond donors (Lipinski definition) is 3. The fraction of sp³-hybridized carbons (Fsp3) is 0.647. The van der Waals surface area contributed by atoms with E-state index in [1.165, 1.54) is 82.7 Å². The molecule has 0 radical (unpaired) electrons. The topological polar surface area (TPSA) is 173 Å². The van der Waals surface area contributed by atoms with Gasteiger partial charge in [-0.3, -0.25) is 9.32 Å². The van der Waals surface area contributed by atoms with Gasteiger partial charge >= 0.3 is 19.8 Å². The van der Waals surface area contributed by atoms with E-state index >= 15 is 0 Å². The Morgan fingerprint density at radius 3 is 2.27 bits per heavy atom. The lowest BCUT2D eigenvalue weighted by molar-refractivity contribution is -0.145. The van der Waals surface area contributed by atoms with Gasteiger partial charge in [0.15, 0.2) is 11.5 Å². The van der Waals surface area contributed by atoms with Gasteiger partial charge in [-0.25, -0.2) is 9.55 Å². The number of anilines is 1. The summed E-state index contributed by atoms with van der Waals surface area (Å²) in [6, 6.07) is 7.31. The molecule has 0 aliphatic heterocycles. The average Bonchev–Trinajstić information content (AvgIpc) is 3.48.